The number of imidazole rings is 1. The van der Waals surface area contributed by atoms with Gasteiger partial charge in [0.2, 0.25) is 0 Å². The predicted molar refractivity (Wildman–Crippen MR) is 65.5 cm³/mol. The second kappa shape index (κ2) is 3.70. The van der Waals surface area contributed by atoms with Gasteiger partial charge in [0.25, 0.3) is 0 Å². The quantitative estimate of drug-likeness (QED) is 0.757. The molecule has 0 fully saturated rings. The molecule has 2 aromatic rings. The molecule has 78 valence electrons. The van der Waals surface area contributed by atoms with E-state index in [1.807, 2.05) is 54.8 Å². The van der Waals surface area contributed by atoms with E-state index in [9.17, 15) is 0 Å². The summed E-state index contributed by atoms with van der Waals surface area (Å²) in [5.41, 5.74) is 3.01. The minimum Gasteiger partial charge on any atom is -0.359 e. The van der Waals surface area contributed by atoms with E-state index in [1.54, 1.807) is 0 Å². The first-order valence-electron chi connectivity index (χ1n) is 5.19. The van der Waals surface area contributed by atoms with Gasteiger partial charge < -0.3 is 10.3 Å². The SMILES string of the molecule is C1=CC=C(c2nc3ccccc3[nH]2)NC=C1. The predicted octanol–water partition coefficient (Wildman–Crippen LogP) is 2.58. The van der Waals surface area contributed by atoms with Crippen molar-refractivity contribution in [3.05, 3.63) is 60.6 Å². The average Bonchev–Trinajstić information content (AvgIpc) is 2.56. The Hall–Kier alpha value is -2.29. The minimum atomic E-state index is 0.859. The van der Waals surface area contributed by atoms with Crippen molar-refractivity contribution in [1.29, 1.82) is 0 Å². The van der Waals surface area contributed by atoms with Crippen LogP contribution in [0, 0.1) is 0 Å². The summed E-state index contributed by atoms with van der Waals surface area (Å²) in [5, 5.41) is 3.18. The van der Waals surface area contributed by atoms with Crippen molar-refractivity contribution in [2.45, 2.75) is 0 Å². The van der Waals surface area contributed by atoms with Gasteiger partial charge in [-0.2, -0.15) is 0 Å². The largest absolute Gasteiger partial charge is 0.359 e. The maximum Gasteiger partial charge on any atom is 0.154 e. The van der Waals surface area contributed by atoms with Crippen LogP contribution < -0.4 is 5.32 Å². The van der Waals surface area contributed by atoms with Crippen molar-refractivity contribution in [1.82, 2.24) is 15.3 Å². The number of fused-ring (bicyclic) bond motifs is 1. The van der Waals surface area contributed by atoms with Crippen molar-refractivity contribution in [2.24, 2.45) is 0 Å². The minimum absolute atomic E-state index is 0.859. The lowest BCUT2D eigenvalue weighted by molar-refractivity contribution is 1.14. The van der Waals surface area contributed by atoms with Crippen LogP contribution in [0.5, 0.6) is 0 Å². The van der Waals surface area contributed by atoms with E-state index >= 15 is 0 Å². The van der Waals surface area contributed by atoms with E-state index < -0.39 is 0 Å². The van der Waals surface area contributed by atoms with E-state index in [-0.39, 0.29) is 0 Å². The molecule has 3 heteroatoms. The van der Waals surface area contributed by atoms with Gasteiger partial charge in [-0.1, -0.05) is 24.3 Å². The maximum absolute atomic E-state index is 4.52. The maximum atomic E-state index is 4.52. The number of rotatable bonds is 1. The molecular formula is C13H11N3. The number of nitrogens with one attached hydrogen (secondary N) is 2. The second-order valence-electron chi connectivity index (χ2n) is 3.57. The number of H-pyrrole nitrogens is 1. The number of hydrogen-bond acceptors (Lipinski definition) is 2. The molecule has 2 heterocycles. The Bertz CT molecular complexity index is 569. The summed E-state index contributed by atoms with van der Waals surface area (Å²) in [6.07, 6.45) is 9.80. The van der Waals surface area contributed by atoms with Gasteiger partial charge in [-0.05, 0) is 24.3 Å². The molecule has 16 heavy (non-hydrogen) atoms. The lowest BCUT2D eigenvalue weighted by Gasteiger charge is -2.00. The van der Waals surface area contributed by atoms with Gasteiger partial charge in [-0.3, -0.25) is 0 Å². The smallest absolute Gasteiger partial charge is 0.154 e. The van der Waals surface area contributed by atoms with Crippen LogP contribution in [0.2, 0.25) is 0 Å². The first-order chi connectivity index (χ1) is 7.93. The third-order valence-corrected chi connectivity index (χ3v) is 2.46. The molecule has 0 atom stereocenters. The van der Waals surface area contributed by atoms with Gasteiger partial charge in [-0.25, -0.2) is 4.98 Å². The fourth-order valence-electron chi connectivity index (χ4n) is 1.69. The van der Waals surface area contributed by atoms with Crippen LogP contribution in [0.4, 0.5) is 0 Å². The number of allylic oxidation sites excluding steroid dienone is 4. The molecule has 1 aliphatic rings. The fourth-order valence-corrected chi connectivity index (χ4v) is 1.69. The first-order valence-corrected chi connectivity index (χ1v) is 5.19. The molecule has 0 radical (unpaired) electrons. The summed E-state index contributed by atoms with van der Waals surface area (Å²) in [5.74, 6) is 0.859. The number of aromatic nitrogens is 2. The van der Waals surface area contributed by atoms with E-state index in [1.165, 1.54) is 0 Å². The standard InChI is InChI=1S/C13H11N3/c1-2-8-12(14-9-5-1)13-15-10-6-3-4-7-11(10)16-13/h1-9,14H,(H,15,16). The molecule has 2 N–H and O–H groups in total. The van der Waals surface area contributed by atoms with Gasteiger partial charge in [-0.15, -0.1) is 0 Å². The summed E-state index contributed by atoms with van der Waals surface area (Å²) >= 11 is 0. The van der Waals surface area contributed by atoms with Gasteiger partial charge in [0.05, 0.1) is 16.7 Å². The van der Waals surface area contributed by atoms with Crippen LogP contribution in [0.25, 0.3) is 16.7 Å². The zero-order valence-corrected chi connectivity index (χ0v) is 8.64. The topological polar surface area (TPSA) is 40.7 Å². The highest BCUT2D eigenvalue weighted by Crippen LogP contribution is 2.15. The molecule has 3 rings (SSSR count). The zero-order chi connectivity index (χ0) is 10.8. The molecule has 0 amide bonds. The third-order valence-electron chi connectivity index (χ3n) is 2.46. The van der Waals surface area contributed by atoms with E-state index in [4.69, 9.17) is 0 Å². The summed E-state index contributed by atoms with van der Waals surface area (Å²) < 4.78 is 0. The molecule has 0 bridgehead atoms. The van der Waals surface area contributed by atoms with Crippen molar-refractivity contribution < 1.29 is 0 Å². The highest BCUT2D eigenvalue weighted by molar-refractivity contribution is 5.78. The number of nitrogens with zero attached hydrogens (tertiary/aromatic N) is 1. The fraction of sp³-hybridized carbons (Fsp3) is 0. The highest BCUT2D eigenvalue weighted by atomic mass is 15.0. The number of aromatic amines is 1. The zero-order valence-electron chi connectivity index (χ0n) is 8.64. The number of hydrogen-bond donors (Lipinski definition) is 2. The summed E-state index contributed by atoms with van der Waals surface area (Å²) in [6.45, 7) is 0. The average molecular weight is 209 g/mol. The Morgan fingerprint density at radius 1 is 1.00 bits per heavy atom. The molecule has 3 nitrogen and oxygen atoms in total. The van der Waals surface area contributed by atoms with Crippen LogP contribution in [0.1, 0.15) is 5.82 Å². The molecule has 1 aromatic heterocycles. The molecule has 0 saturated heterocycles. The third kappa shape index (κ3) is 1.52. The lowest BCUT2D eigenvalue weighted by Crippen LogP contribution is -2.04. The molecule has 1 aromatic carbocycles. The van der Waals surface area contributed by atoms with E-state index in [0.29, 0.717) is 0 Å². The molecule has 0 aliphatic carbocycles. The van der Waals surface area contributed by atoms with Crippen LogP contribution in [-0.2, 0) is 0 Å². The Kier molecular flexibility index (Phi) is 2.07. The second-order valence-corrected chi connectivity index (χ2v) is 3.57. The Labute approximate surface area is 93.2 Å². The summed E-state index contributed by atoms with van der Waals surface area (Å²) in [4.78, 5) is 7.81. The van der Waals surface area contributed by atoms with Crippen LogP contribution in [-0.4, -0.2) is 9.97 Å². The first kappa shape index (κ1) is 8.97. The number of para-hydroxylation sites is 2. The normalized spacial score (nSPS) is 14.6. The van der Waals surface area contributed by atoms with Crippen LogP contribution >= 0.6 is 0 Å². The Balaban J connectivity index is 2.09. The van der Waals surface area contributed by atoms with Crippen LogP contribution in [0.15, 0.2) is 54.8 Å². The summed E-state index contributed by atoms with van der Waals surface area (Å²) in [7, 11) is 0. The monoisotopic (exact) mass is 209 g/mol. The molecular weight excluding hydrogens is 198 g/mol. The van der Waals surface area contributed by atoms with Gasteiger partial charge in [0, 0.05) is 6.20 Å². The molecule has 0 unspecified atom stereocenters. The molecule has 0 spiro atoms. The van der Waals surface area contributed by atoms with E-state index in [0.717, 1.165) is 22.6 Å². The molecule has 1 aliphatic heterocycles. The van der Waals surface area contributed by atoms with Gasteiger partial charge >= 0.3 is 0 Å². The number of benzene rings is 1. The lowest BCUT2D eigenvalue weighted by atomic mass is 10.3. The summed E-state index contributed by atoms with van der Waals surface area (Å²) in [6, 6.07) is 8.01. The van der Waals surface area contributed by atoms with Crippen LogP contribution in [0.3, 0.4) is 0 Å². The van der Waals surface area contributed by atoms with Gasteiger partial charge in [0.15, 0.2) is 5.82 Å². The van der Waals surface area contributed by atoms with Crippen molar-refractivity contribution in [3.8, 4) is 0 Å². The van der Waals surface area contributed by atoms with E-state index in [2.05, 4.69) is 15.3 Å². The van der Waals surface area contributed by atoms with Crippen molar-refractivity contribution >= 4 is 16.7 Å². The molecule has 0 saturated carbocycles. The highest BCUT2D eigenvalue weighted by Gasteiger charge is 2.05. The van der Waals surface area contributed by atoms with Crippen molar-refractivity contribution in [3.63, 3.8) is 0 Å². The van der Waals surface area contributed by atoms with Gasteiger partial charge in [0.1, 0.15) is 0 Å². The Morgan fingerprint density at radius 3 is 2.88 bits per heavy atom. The van der Waals surface area contributed by atoms with Crippen molar-refractivity contribution in [2.75, 3.05) is 0 Å². The Morgan fingerprint density at radius 2 is 1.94 bits per heavy atom.